The molecule has 1 amide bonds. The summed E-state index contributed by atoms with van der Waals surface area (Å²) in [6.45, 7) is 0. The highest BCUT2D eigenvalue weighted by atomic mass is 19.4. The SMILES string of the molecule is O=C(NC1CC2CCC1N2)c1cc(F)c(C(F)(F)F)cn1. The number of alkyl halides is 3. The zero-order valence-corrected chi connectivity index (χ0v) is 10.9. The van der Waals surface area contributed by atoms with Crippen molar-refractivity contribution in [2.45, 2.75) is 43.6 Å². The summed E-state index contributed by atoms with van der Waals surface area (Å²) in [5.74, 6) is -2.14. The third kappa shape index (κ3) is 2.72. The Balaban J connectivity index is 1.72. The number of rotatable bonds is 2. The quantitative estimate of drug-likeness (QED) is 0.820. The van der Waals surface area contributed by atoms with Gasteiger partial charge in [0.05, 0.1) is 0 Å². The molecule has 114 valence electrons. The number of halogens is 4. The summed E-state index contributed by atoms with van der Waals surface area (Å²) in [6.07, 6.45) is -1.68. The molecule has 2 aliphatic rings. The van der Waals surface area contributed by atoms with Crippen molar-refractivity contribution < 1.29 is 22.4 Å². The molecule has 4 nitrogen and oxygen atoms in total. The molecule has 0 aromatic carbocycles. The Kier molecular flexibility index (Phi) is 3.35. The molecule has 2 fully saturated rings. The number of aromatic nitrogens is 1. The third-order valence-electron chi connectivity index (χ3n) is 4.01. The molecule has 1 aromatic heterocycles. The molecular weight excluding hydrogens is 290 g/mol. The maximum absolute atomic E-state index is 13.4. The zero-order valence-electron chi connectivity index (χ0n) is 10.9. The summed E-state index contributed by atoms with van der Waals surface area (Å²) in [5.41, 5.74) is -1.82. The van der Waals surface area contributed by atoms with Crippen molar-refractivity contribution in [3.8, 4) is 0 Å². The van der Waals surface area contributed by atoms with E-state index in [0.29, 0.717) is 18.3 Å². The van der Waals surface area contributed by atoms with Crippen LogP contribution in [0.4, 0.5) is 17.6 Å². The molecule has 2 aliphatic heterocycles. The summed E-state index contributed by atoms with van der Waals surface area (Å²) in [7, 11) is 0. The van der Waals surface area contributed by atoms with Crippen molar-refractivity contribution in [2.24, 2.45) is 0 Å². The number of nitrogens with zero attached hydrogens (tertiary/aromatic N) is 1. The van der Waals surface area contributed by atoms with Crippen LogP contribution in [0.1, 0.15) is 35.3 Å². The van der Waals surface area contributed by atoms with E-state index in [0.717, 1.165) is 19.3 Å². The van der Waals surface area contributed by atoms with Crippen molar-refractivity contribution in [2.75, 3.05) is 0 Å². The smallest absolute Gasteiger partial charge is 0.346 e. The van der Waals surface area contributed by atoms with Crippen molar-refractivity contribution in [3.05, 3.63) is 29.3 Å². The first-order valence-electron chi connectivity index (χ1n) is 6.64. The lowest BCUT2D eigenvalue weighted by molar-refractivity contribution is -0.140. The molecule has 0 radical (unpaired) electrons. The Morgan fingerprint density at radius 3 is 2.67 bits per heavy atom. The van der Waals surface area contributed by atoms with Gasteiger partial charge in [0.1, 0.15) is 17.1 Å². The highest BCUT2D eigenvalue weighted by Crippen LogP contribution is 2.31. The fourth-order valence-corrected chi connectivity index (χ4v) is 2.99. The summed E-state index contributed by atoms with van der Waals surface area (Å²) in [4.78, 5) is 15.4. The first-order chi connectivity index (χ1) is 9.84. The Labute approximate surface area is 117 Å². The van der Waals surface area contributed by atoms with E-state index in [1.807, 2.05) is 0 Å². The van der Waals surface area contributed by atoms with E-state index in [1.54, 1.807) is 0 Å². The molecule has 0 aliphatic carbocycles. The fraction of sp³-hybridized carbons (Fsp3) is 0.538. The van der Waals surface area contributed by atoms with Crippen LogP contribution < -0.4 is 10.6 Å². The number of amides is 1. The number of hydrogen-bond donors (Lipinski definition) is 2. The van der Waals surface area contributed by atoms with Crippen LogP contribution in [0.2, 0.25) is 0 Å². The van der Waals surface area contributed by atoms with Crippen LogP contribution in [0.3, 0.4) is 0 Å². The van der Waals surface area contributed by atoms with Gasteiger partial charge in [-0.1, -0.05) is 0 Å². The van der Waals surface area contributed by atoms with E-state index in [4.69, 9.17) is 0 Å². The molecule has 3 atom stereocenters. The van der Waals surface area contributed by atoms with Gasteiger partial charge >= 0.3 is 6.18 Å². The third-order valence-corrected chi connectivity index (χ3v) is 4.01. The van der Waals surface area contributed by atoms with E-state index >= 15 is 0 Å². The van der Waals surface area contributed by atoms with Crippen LogP contribution in [-0.4, -0.2) is 29.0 Å². The first-order valence-corrected chi connectivity index (χ1v) is 6.64. The number of carbonyl (C=O) groups excluding carboxylic acids is 1. The molecule has 0 saturated carbocycles. The van der Waals surface area contributed by atoms with Crippen LogP contribution in [0, 0.1) is 5.82 Å². The predicted octanol–water partition coefficient (Wildman–Crippen LogP) is 1.86. The van der Waals surface area contributed by atoms with Crippen LogP contribution in [0.5, 0.6) is 0 Å². The number of carbonyl (C=O) groups is 1. The lowest BCUT2D eigenvalue weighted by Gasteiger charge is -2.21. The van der Waals surface area contributed by atoms with Gasteiger partial charge in [0.15, 0.2) is 0 Å². The number of fused-ring (bicyclic) bond motifs is 2. The molecule has 3 unspecified atom stereocenters. The summed E-state index contributed by atoms with van der Waals surface area (Å²) in [5, 5.41) is 6.02. The Hall–Kier alpha value is -1.70. The Morgan fingerprint density at radius 1 is 1.38 bits per heavy atom. The van der Waals surface area contributed by atoms with Crippen molar-refractivity contribution in [1.82, 2.24) is 15.6 Å². The highest BCUT2D eigenvalue weighted by molar-refractivity contribution is 5.92. The lowest BCUT2D eigenvalue weighted by atomic mass is 9.95. The van der Waals surface area contributed by atoms with E-state index in [9.17, 15) is 22.4 Å². The second-order valence-corrected chi connectivity index (χ2v) is 5.41. The molecule has 8 heteroatoms. The van der Waals surface area contributed by atoms with Gasteiger partial charge in [-0.15, -0.1) is 0 Å². The van der Waals surface area contributed by atoms with Crippen molar-refractivity contribution >= 4 is 5.91 Å². The second kappa shape index (κ2) is 4.94. The summed E-state index contributed by atoms with van der Waals surface area (Å²) < 4.78 is 50.7. The zero-order chi connectivity index (χ0) is 15.2. The van der Waals surface area contributed by atoms with Crippen molar-refractivity contribution in [3.63, 3.8) is 0 Å². The number of nitrogens with one attached hydrogen (secondary N) is 2. The minimum Gasteiger partial charge on any atom is -0.346 e. The van der Waals surface area contributed by atoms with Gasteiger partial charge in [-0.05, 0) is 19.3 Å². The Morgan fingerprint density at radius 2 is 2.14 bits per heavy atom. The highest BCUT2D eigenvalue weighted by Gasteiger charge is 2.40. The maximum atomic E-state index is 13.4. The average Bonchev–Trinajstić information content (AvgIpc) is 2.99. The molecule has 0 spiro atoms. The monoisotopic (exact) mass is 303 g/mol. The first kappa shape index (κ1) is 14.2. The van der Waals surface area contributed by atoms with Crippen LogP contribution in [0.15, 0.2) is 12.3 Å². The molecule has 2 N–H and O–H groups in total. The van der Waals surface area contributed by atoms with Gasteiger partial charge in [-0.25, -0.2) is 4.39 Å². The molecule has 2 saturated heterocycles. The minimum atomic E-state index is -4.82. The normalized spacial score (nSPS) is 27.9. The lowest BCUT2D eigenvalue weighted by Crippen LogP contribution is -2.43. The van der Waals surface area contributed by atoms with E-state index in [2.05, 4.69) is 15.6 Å². The average molecular weight is 303 g/mol. The topological polar surface area (TPSA) is 54.0 Å². The Bertz CT molecular complexity index is 575. The molecule has 2 bridgehead atoms. The van der Waals surface area contributed by atoms with Crippen LogP contribution in [-0.2, 0) is 6.18 Å². The largest absolute Gasteiger partial charge is 0.420 e. The van der Waals surface area contributed by atoms with E-state index < -0.39 is 23.5 Å². The molecule has 1 aromatic rings. The van der Waals surface area contributed by atoms with Gasteiger partial charge in [0.2, 0.25) is 0 Å². The number of pyridine rings is 1. The molecule has 21 heavy (non-hydrogen) atoms. The molecule has 3 heterocycles. The minimum absolute atomic E-state index is 0.0802. The van der Waals surface area contributed by atoms with Gasteiger partial charge in [-0.2, -0.15) is 13.2 Å². The molecule has 3 rings (SSSR count). The standard InChI is InChI=1S/C13H13F4N3O/c14-8-4-11(18-5-7(8)13(15,16)17)12(21)20-10-3-6-1-2-9(10)19-6/h4-6,9-10,19H,1-3H2,(H,20,21). The van der Waals surface area contributed by atoms with Crippen LogP contribution >= 0.6 is 0 Å². The number of hydrogen-bond acceptors (Lipinski definition) is 3. The second-order valence-electron chi connectivity index (χ2n) is 5.41. The van der Waals surface area contributed by atoms with Gasteiger partial charge in [0, 0.05) is 30.4 Å². The summed E-state index contributed by atoms with van der Waals surface area (Å²) >= 11 is 0. The maximum Gasteiger partial charge on any atom is 0.420 e. The van der Waals surface area contributed by atoms with Gasteiger partial charge < -0.3 is 10.6 Å². The molecular formula is C13H13F4N3O. The van der Waals surface area contributed by atoms with Crippen LogP contribution in [0.25, 0.3) is 0 Å². The van der Waals surface area contributed by atoms with E-state index in [1.165, 1.54) is 0 Å². The van der Waals surface area contributed by atoms with Crippen molar-refractivity contribution in [1.29, 1.82) is 0 Å². The fourth-order valence-electron chi connectivity index (χ4n) is 2.99. The predicted molar refractivity (Wildman–Crippen MR) is 65.0 cm³/mol. The van der Waals surface area contributed by atoms with Gasteiger partial charge in [-0.3, -0.25) is 9.78 Å². The van der Waals surface area contributed by atoms with E-state index in [-0.39, 0.29) is 17.8 Å². The van der Waals surface area contributed by atoms with Gasteiger partial charge in [0.25, 0.3) is 5.91 Å². The summed E-state index contributed by atoms with van der Waals surface area (Å²) in [6, 6.07) is 0.998.